The molecule has 10 heteroatoms. The molecule has 0 saturated carbocycles. The molecule has 3 rings (SSSR count). The van der Waals surface area contributed by atoms with Gasteiger partial charge in [0.15, 0.2) is 5.69 Å². The van der Waals surface area contributed by atoms with Crippen LogP contribution >= 0.6 is 12.2 Å². The average Bonchev–Trinajstić information content (AvgIpc) is 2.83. The highest BCUT2D eigenvalue weighted by atomic mass is 32.2. The Labute approximate surface area is 161 Å². The van der Waals surface area contributed by atoms with Crippen LogP contribution in [0.5, 0.6) is 5.88 Å². The van der Waals surface area contributed by atoms with E-state index in [4.69, 9.17) is 17.4 Å². The second kappa shape index (κ2) is 7.06. The SMILES string of the molecule is Cc1ccc2c(c1)c(N=NC(=S)Nc1cccc(S(N)(=O)=O)c1)c(O)n2C. The van der Waals surface area contributed by atoms with Gasteiger partial charge in [0, 0.05) is 18.1 Å². The van der Waals surface area contributed by atoms with E-state index in [1.807, 2.05) is 25.1 Å². The summed E-state index contributed by atoms with van der Waals surface area (Å²) in [7, 11) is -2.10. The number of hydrogen-bond donors (Lipinski definition) is 3. The van der Waals surface area contributed by atoms with Crippen LogP contribution in [0.2, 0.25) is 0 Å². The zero-order valence-electron chi connectivity index (χ0n) is 14.5. The van der Waals surface area contributed by atoms with Gasteiger partial charge in [0.2, 0.25) is 21.0 Å². The second-order valence-electron chi connectivity index (χ2n) is 5.95. The number of aromatic nitrogens is 1. The summed E-state index contributed by atoms with van der Waals surface area (Å²) in [6, 6.07) is 11.6. The molecule has 3 aromatic rings. The van der Waals surface area contributed by atoms with Gasteiger partial charge in [-0.05, 0) is 49.5 Å². The van der Waals surface area contributed by atoms with Crippen LogP contribution in [0.3, 0.4) is 0 Å². The van der Waals surface area contributed by atoms with Crippen molar-refractivity contribution in [1.29, 1.82) is 0 Å². The van der Waals surface area contributed by atoms with Gasteiger partial charge in [-0.1, -0.05) is 17.7 Å². The molecule has 0 fully saturated rings. The Balaban J connectivity index is 1.87. The third-order valence-electron chi connectivity index (χ3n) is 3.95. The molecule has 140 valence electrons. The number of hydrogen-bond acceptors (Lipinski definition) is 5. The molecule has 1 heterocycles. The number of rotatable bonds is 3. The molecule has 0 unspecified atom stereocenters. The molecule has 4 N–H and O–H groups in total. The molecule has 0 amide bonds. The number of nitrogens with one attached hydrogen (secondary N) is 1. The van der Waals surface area contributed by atoms with Gasteiger partial charge in [0.05, 0.1) is 10.4 Å². The van der Waals surface area contributed by atoms with Crippen LogP contribution in [0, 0.1) is 6.92 Å². The van der Waals surface area contributed by atoms with E-state index in [9.17, 15) is 13.5 Å². The lowest BCUT2D eigenvalue weighted by atomic mass is 10.1. The number of aryl methyl sites for hydroxylation is 2. The minimum atomic E-state index is -3.82. The van der Waals surface area contributed by atoms with Gasteiger partial charge >= 0.3 is 0 Å². The highest BCUT2D eigenvalue weighted by molar-refractivity contribution is 7.89. The number of sulfonamides is 1. The molecule has 27 heavy (non-hydrogen) atoms. The smallest absolute Gasteiger partial charge is 0.238 e. The van der Waals surface area contributed by atoms with Crippen molar-refractivity contribution < 1.29 is 13.5 Å². The summed E-state index contributed by atoms with van der Waals surface area (Å²) in [5.74, 6) is -0.0293. The molecule has 0 radical (unpaired) electrons. The van der Waals surface area contributed by atoms with E-state index in [0.29, 0.717) is 11.4 Å². The van der Waals surface area contributed by atoms with Crippen LogP contribution < -0.4 is 10.5 Å². The van der Waals surface area contributed by atoms with Crippen molar-refractivity contribution in [2.75, 3.05) is 5.32 Å². The molecule has 0 aliphatic rings. The van der Waals surface area contributed by atoms with Crippen LogP contribution in [0.1, 0.15) is 5.56 Å². The lowest BCUT2D eigenvalue weighted by Gasteiger charge is -2.05. The van der Waals surface area contributed by atoms with Crippen molar-refractivity contribution in [3.63, 3.8) is 0 Å². The van der Waals surface area contributed by atoms with Gasteiger partial charge in [-0.3, -0.25) is 0 Å². The van der Waals surface area contributed by atoms with Gasteiger partial charge in [-0.2, -0.15) is 0 Å². The van der Waals surface area contributed by atoms with Gasteiger partial charge in [0.1, 0.15) is 0 Å². The van der Waals surface area contributed by atoms with Crippen molar-refractivity contribution in [1.82, 2.24) is 4.57 Å². The standard InChI is InChI=1S/C17H17N5O3S2/c1-10-6-7-14-13(8-10)15(16(23)22(14)2)20-21-17(26)19-11-4-3-5-12(9-11)27(18,24)25/h3-9,23H,1-2H3,(H,19,26)(H2,18,24,25). The van der Waals surface area contributed by atoms with Gasteiger partial charge in [-0.25, -0.2) is 13.6 Å². The summed E-state index contributed by atoms with van der Waals surface area (Å²) in [4.78, 5) is -0.0468. The quantitative estimate of drug-likeness (QED) is 0.457. The normalized spacial score (nSPS) is 12.0. The molecular formula is C17H17N5O3S2. The summed E-state index contributed by atoms with van der Waals surface area (Å²) in [5, 5.41) is 26.9. The predicted molar refractivity (Wildman–Crippen MR) is 108 cm³/mol. The minimum absolute atomic E-state index is 0.00521. The van der Waals surface area contributed by atoms with Crippen molar-refractivity contribution in [2.24, 2.45) is 22.4 Å². The number of aromatic hydroxyl groups is 1. The van der Waals surface area contributed by atoms with E-state index < -0.39 is 10.0 Å². The Morgan fingerprint density at radius 2 is 2.00 bits per heavy atom. The summed E-state index contributed by atoms with van der Waals surface area (Å²) in [5.41, 5.74) is 2.54. The first-order valence-corrected chi connectivity index (χ1v) is 9.76. The Bertz CT molecular complexity index is 1180. The number of nitrogens with zero attached hydrogens (tertiary/aromatic N) is 3. The third-order valence-corrected chi connectivity index (χ3v) is 5.05. The monoisotopic (exact) mass is 403 g/mol. The largest absolute Gasteiger partial charge is 0.493 e. The molecule has 0 aliphatic carbocycles. The van der Waals surface area contributed by atoms with E-state index >= 15 is 0 Å². The molecule has 8 nitrogen and oxygen atoms in total. The maximum atomic E-state index is 11.4. The molecule has 0 atom stereocenters. The summed E-state index contributed by atoms with van der Waals surface area (Å²) in [6.07, 6.45) is 0. The molecular weight excluding hydrogens is 386 g/mol. The van der Waals surface area contributed by atoms with E-state index in [0.717, 1.165) is 16.5 Å². The topological polar surface area (TPSA) is 122 Å². The zero-order valence-corrected chi connectivity index (χ0v) is 16.2. The van der Waals surface area contributed by atoms with Crippen molar-refractivity contribution in [3.05, 3.63) is 48.0 Å². The number of benzene rings is 2. The lowest BCUT2D eigenvalue weighted by molar-refractivity contribution is 0.436. The molecule has 0 aliphatic heterocycles. The minimum Gasteiger partial charge on any atom is -0.493 e. The summed E-state index contributed by atoms with van der Waals surface area (Å²) in [6.45, 7) is 1.94. The first-order chi connectivity index (χ1) is 12.7. The Kier molecular flexibility index (Phi) is 4.96. The number of anilines is 1. The van der Waals surface area contributed by atoms with Gasteiger partial charge in [-0.15, -0.1) is 10.2 Å². The fraction of sp³-hybridized carbons (Fsp3) is 0.118. The van der Waals surface area contributed by atoms with Gasteiger partial charge < -0.3 is 15.0 Å². The number of fused-ring (bicyclic) bond motifs is 1. The Hall–Kier alpha value is -2.82. The predicted octanol–water partition coefficient (Wildman–Crippen LogP) is 3.32. The van der Waals surface area contributed by atoms with E-state index in [2.05, 4.69) is 15.5 Å². The first kappa shape index (κ1) is 19.0. The number of thiocarbonyl (C=S) groups is 1. The number of primary sulfonamides is 1. The van der Waals surface area contributed by atoms with E-state index in [-0.39, 0.29) is 15.9 Å². The van der Waals surface area contributed by atoms with E-state index in [1.165, 1.54) is 18.2 Å². The van der Waals surface area contributed by atoms with Gasteiger partial charge in [0.25, 0.3) is 0 Å². The Morgan fingerprint density at radius 3 is 2.70 bits per heavy atom. The van der Waals surface area contributed by atoms with Crippen LogP contribution in [-0.4, -0.2) is 23.2 Å². The van der Waals surface area contributed by atoms with Crippen LogP contribution in [0.4, 0.5) is 11.4 Å². The third kappa shape index (κ3) is 3.97. The van der Waals surface area contributed by atoms with Crippen LogP contribution in [-0.2, 0) is 17.1 Å². The molecule has 1 aromatic heterocycles. The fourth-order valence-electron chi connectivity index (χ4n) is 2.62. The maximum absolute atomic E-state index is 11.4. The second-order valence-corrected chi connectivity index (χ2v) is 7.90. The number of nitrogens with two attached hydrogens (primary N) is 1. The molecule has 0 bridgehead atoms. The van der Waals surface area contributed by atoms with Crippen LogP contribution in [0.15, 0.2) is 57.6 Å². The Morgan fingerprint density at radius 1 is 1.26 bits per heavy atom. The molecule has 0 spiro atoms. The van der Waals surface area contributed by atoms with E-state index in [1.54, 1.807) is 17.7 Å². The average molecular weight is 403 g/mol. The fourth-order valence-corrected chi connectivity index (χ4v) is 3.34. The lowest BCUT2D eigenvalue weighted by Crippen LogP contribution is -2.13. The highest BCUT2D eigenvalue weighted by Gasteiger charge is 2.14. The first-order valence-electron chi connectivity index (χ1n) is 7.80. The highest BCUT2D eigenvalue weighted by Crippen LogP contribution is 2.38. The summed E-state index contributed by atoms with van der Waals surface area (Å²) >= 11 is 5.13. The maximum Gasteiger partial charge on any atom is 0.238 e. The summed E-state index contributed by atoms with van der Waals surface area (Å²) < 4.78 is 24.4. The van der Waals surface area contributed by atoms with Crippen molar-refractivity contribution in [3.8, 4) is 5.88 Å². The zero-order chi connectivity index (χ0) is 19.8. The number of azo groups is 1. The van der Waals surface area contributed by atoms with Crippen LogP contribution in [0.25, 0.3) is 10.9 Å². The van der Waals surface area contributed by atoms with Crippen molar-refractivity contribution in [2.45, 2.75) is 11.8 Å². The molecule has 0 saturated heterocycles. The molecule has 2 aromatic carbocycles. The van der Waals surface area contributed by atoms with Crippen molar-refractivity contribution >= 4 is 49.6 Å².